The zero-order valence-electron chi connectivity index (χ0n) is 14.6. The molecule has 4 nitrogen and oxygen atoms in total. The van der Waals surface area contributed by atoms with E-state index in [2.05, 4.69) is 42.8 Å². The number of hydrogen-bond acceptors (Lipinski definition) is 4. The quantitative estimate of drug-likeness (QED) is 0.747. The maximum Gasteiger partial charge on any atom is 0.204 e. The number of aryl methyl sites for hydroxylation is 1. The molecule has 3 rings (SSSR count). The van der Waals surface area contributed by atoms with Crippen molar-refractivity contribution < 1.29 is 21.9 Å². The Morgan fingerprint density at radius 1 is 1.12 bits per heavy atom. The van der Waals surface area contributed by atoms with Gasteiger partial charge in [0.15, 0.2) is 0 Å². The van der Waals surface area contributed by atoms with Gasteiger partial charge in [-0.15, -0.1) is 0 Å². The Bertz CT molecular complexity index is 839. The van der Waals surface area contributed by atoms with E-state index in [1.54, 1.807) is 12.3 Å². The first-order chi connectivity index (χ1) is 11.6. The third-order valence-electron chi connectivity index (χ3n) is 4.26. The van der Waals surface area contributed by atoms with Crippen molar-refractivity contribution in [3.8, 4) is 0 Å². The molecule has 0 saturated heterocycles. The first-order valence-corrected chi connectivity index (χ1v) is 8.26. The summed E-state index contributed by atoms with van der Waals surface area (Å²) in [6.07, 6.45) is 4.94. The van der Waals surface area contributed by atoms with Crippen molar-refractivity contribution in [3.63, 3.8) is 0 Å². The van der Waals surface area contributed by atoms with E-state index in [1.165, 1.54) is 11.8 Å². The Balaban J connectivity index is 0.00000225. The molecule has 0 fully saturated rings. The van der Waals surface area contributed by atoms with Crippen LogP contribution < -0.4 is 4.90 Å². The number of aliphatic imine (C=N–C) groups is 1. The van der Waals surface area contributed by atoms with Crippen LogP contribution in [-0.2, 0) is 17.1 Å². The number of hydrogen-bond donors (Lipinski definition) is 0. The normalized spacial score (nSPS) is 14.2. The number of nitrogens with zero attached hydrogens (tertiary/aromatic N) is 3. The monoisotopic (exact) mass is 382 g/mol. The summed E-state index contributed by atoms with van der Waals surface area (Å²) in [6, 6.07) is 10.0. The van der Waals surface area contributed by atoms with Crippen LogP contribution in [0.2, 0.25) is 0 Å². The molecule has 133 valence electrons. The van der Waals surface area contributed by atoms with Crippen LogP contribution in [0.1, 0.15) is 35.5 Å². The topological polar surface area (TPSA) is 45.6 Å². The zero-order valence-corrected chi connectivity index (χ0v) is 15.5. The van der Waals surface area contributed by atoms with Gasteiger partial charge in [0, 0.05) is 47.6 Å². The molecule has 0 bridgehead atoms. The molecule has 1 radical (unpaired) electrons. The van der Waals surface area contributed by atoms with Gasteiger partial charge < -0.3 is 4.90 Å². The van der Waals surface area contributed by atoms with Crippen molar-refractivity contribution in [1.82, 2.24) is 4.98 Å². The summed E-state index contributed by atoms with van der Waals surface area (Å²) in [4.78, 5) is 23.2. The first-order valence-electron chi connectivity index (χ1n) is 8.26. The summed E-state index contributed by atoms with van der Waals surface area (Å²) in [6.45, 7) is 8.33. The molecule has 0 unspecified atom stereocenters. The number of pyridine rings is 1. The van der Waals surface area contributed by atoms with Crippen LogP contribution >= 0.6 is 0 Å². The summed E-state index contributed by atoms with van der Waals surface area (Å²) in [5.41, 5.74) is 5.26. The van der Waals surface area contributed by atoms with Crippen LogP contribution in [0.25, 0.3) is 0 Å². The molecule has 0 saturated carbocycles. The van der Waals surface area contributed by atoms with Crippen molar-refractivity contribution in [2.45, 2.75) is 20.8 Å². The van der Waals surface area contributed by atoms with Gasteiger partial charge in [-0.25, -0.2) is 4.99 Å². The zero-order chi connectivity index (χ0) is 17.1. The molecule has 1 heterocycles. The van der Waals surface area contributed by atoms with E-state index in [0.29, 0.717) is 5.69 Å². The SMILES string of the molecule is CCN(CC)c1ccc(N=C2C=CC(=O)c3ncccc32)c(C)c1.[Cu]. The van der Waals surface area contributed by atoms with E-state index in [9.17, 15) is 4.79 Å². The molecular formula is C20H21CuN3O. The van der Waals surface area contributed by atoms with Gasteiger partial charge in [0.25, 0.3) is 0 Å². The van der Waals surface area contributed by atoms with Gasteiger partial charge in [0.1, 0.15) is 5.69 Å². The summed E-state index contributed by atoms with van der Waals surface area (Å²) >= 11 is 0. The molecule has 0 spiro atoms. The van der Waals surface area contributed by atoms with Crippen molar-refractivity contribution in [2.75, 3.05) is 18.0 Å². The predicted octanol–water partition coefficient (Wildman–Crippen LogP) is 4.11. The van der Waals surface area contributed by atoms with Crippen LogP contribution in [0.15, 0.2) is 53.7 Å². The van der Waals surface area contributed by atoms with Gasteiger partial charge in [0.05, 0.1) is 11.4 Å². The Morgan fingerprint density at radius 3 is 2.56 bits per heavy atom. The van der Waals surface area contributed by atoms with Crippen LogP contribution in [0.3, 0.4) is 0 Å². The summed E-state index contributed by atoms with van der Waals surface area (Å²) in [7, 11) is 0. The molecule has 2 aromatic rings. The molecule has 0 atom stereocenters. The van der Waals surface area contributed by atoms with Crippen molar-refractivity contribution >= 4 is 22.9 Å². The van der Waals surface area contributed by atoms with Crippen LogP contribution in [0.4, 0.5) is 11.4 Å². The molecule has 5 heteroatoms. The number of carbonyl (C=O) groups is 1. The average Bonchev–Trinajstić information content (AvgIpc) is 2.60. The van der Waals surface area contributed by atoms with Crippen LogP contribution in [0.5, 0.6) is 0 Å². The standard InChI is InChI=1S/C20H21N3O.Cu/c1-4-23(5-2)15-8-9-17(14(3)13-15)22-18-10-11-19(24)20-16(18)7-6-12-21-20;/h6-13H,4-5H2,1-3H3;. The van der Waals surface area contributed by atoms with Gasteiger partial charge in [-0.2, -0.15) is 0 Å². The minimum absolute atomic E-state index is 0. The second kappa shape index (κ2) is 8.23. The van der Waals surface area contributed by atoms with Crippen molar-refractivity contribution in [2.24, 2.45) is 4.99 Å². The number of benzene rings is 1. The second-order valence-electron chi connectivity index (χ2n) is 5.74. The van der Waals surface area contributed by atoms with Crippen molar-refractivity contribution in [3.05, 3.63) is 65.5 Å². The minimum Gasteiger partial charge on any atom is -0.372 e. The van der Waals surface area contributed by atoms with Gasteiger partial charge in [-0.3, -0.25) is 9.78 Å². The Hall–Kier alpha value is -2.23. The maximum absolute atomic E-state index is 11.9. The summed E-state index contributed by atoms with van der Waals surface area (Å²) in [5.74, 6) is -0.0712. The van der Waals surface area contributed by atoms with Gasteiger partial charge >= 0.3 is 0 Å². The fourth-order valence-electron chi connectivity index (χ4n) is 2.91. The molecule has 25 heavy (non-hydrogen) atoms. The van der Waals surface area contributed by atoms with Gasteiger partial charge in [0.2, 0.25) is 5.78 Å². The summed E-state index contributed by atoms with van der Waals surface area (Å²) in [5, 5.41) is 0. The van der Waals surface area contributed by atoms with E-state index < -0.39 is 0 Å². The molecule has 1 aliphatic carbocycles. The maximum atomic E-state index is 11.9. The van der Waals surface area contributed by atoms with Gasteiger partial charge in [-0.1, -0.05) is 0 Å². The molecule has 0 aliphatic heterocycles. The molecular weight excluding hydrogens is 362 g/mol. The Morgan fingerprint density at radius 2 is 1.88 bits per heavy atom. The number of allylic oxidation sites excluding steroid dienone is 2. The van der Waals surface area contributed by atoms with E-state index in [1.807, 2.05) is 18.2 Å². The largest absolute Gasteiger partial charge is 0.372 e. The number of anilines is 1. The fraction of sp³-hybridized carbons (Fsp3) is 0.250. The minimum atomic E-state index is -0.0712. The van der Waals surface area contributed by atoms with Crippen LogP contribution in [0, 0.1) is 6.92 Å². The first kappa shape index (κ1) is 19.1. The van der Waals surface area contributed by atoms with Crippen molar-refractivity contribution in [1.29, 1.82) is 0 Å². The Kier molecular flexibility index (Phi) is 6.29. The number of rotatable bonds is 4. The third-order valence-corrected chi connectivity index (χ3v) is 4.26. The van der Waals surface area contributed by atoms with Gasteiger partial charge in [-0.05, 0) is 68.8 Å². The number of fused-ring (bicyclic) bond motifs is 1. The van der Waals surface area contributed by atoms with E-state index in [4.69, 9.17) is 4.99 Å². The van der Waals surface area contributed by atoms with E-state index in [-0.39, 0.29) is 22.9 Å². The molecule has 0 N–H and O–H groups in total. The average molecular weight is 383 g/mol. The molecule has 1 aromatic carbocycles. The number of aromatic nitrogens is 1. The molecule has 1 aliphatic rings. The predicted molar refractivity (Wildman–Crippen MR) is 98.6 cm³/mol. The number of carbonyl (C=O) groups excluding carboxylic acids is 1. The molecule has 0 amide bonds. The summed E-state index contributed by atoms with van der Waals surface area (Å²) < 4.78 is 0. The third kappa shape index (κ3) is 3.89. The Labute approximate surface area is 159 Å². The van der Waals surface area contributed by atoms with Crippen LogP contribution in [-0.4, -0.2) is 29.6 Å². The molecule has 1 aromatic heterocycles. The number of ketones is 1. The smallest absolute Gasteiger partial charge is 0.204 e. The fourth-order valence-corrected chi connectivity index (χ4v) is 2.91. The second-order valence-corrected chi connectivity index (χ2v) is 5.74. The van der Waals surface area contributed by atoms with E-state index in [0.717, 1.165) is 35.6 Å². The van der Waals surface area contributed by atoms with E-state index >= 15 is 0 Å².